The minimum atomic E-state index is -0.829. The highest BCUT2D eigenvalue weighted by Gasteiger charge is 2.55. The molecule has 4 heteroatoms. The predicted octanol–water partition coefficient (Wildman–Crippen LogP) is 0.906. The molecular weight excluding hydrogens is 172 g/mol. The van der Waals surface area contributed by atoms with Crippen molar-refractivity contribution in [2.45, 2.75) is 20.3 Å². The lowest BCUT2D eigenvalue weighted by Crippen LogP contribution is -2.52. The lowest BCUT2D eigenvalue weighted by molar-refractivity contribution is -0.173. The molecule has 1 N–H and O–H groups in total. The molecule has 1 aliphatic rings. The van der Waals surface area contributed by atoms with Crippen molar-refractivity contribution in [2.24, 2.45) is 17.3 Å². The van der Waals surface area contributed by atoms with E-state index in [9.17, 15) is 9.59 Å². The normalized spacial score (nSPS) is 30.4. The van der Waals surface area contributed by atoms with Gasteiger partial charge in [0.1, 0.15) is 0 Å². The molecule has 2 atom stereocenters. The summed E-state index contributed by atoms with van der Waals surface area (Å²) in [5.74, 6) is -1.82. The van der Waals surface area contributed by atoms with Crippen molar-refractivity contribution in [1.82, 2.24) is 0 Å². The van der Waals surface area contributed by atoms with Crippen LogP contribution in [0.1, 0.15) is 20.3 Å². The van der Waals surface area contributed by atoms with E-state index in [1.807, 2.05) is 0 Å². The van der Waals surface area contributed by atoms with Crippen LogP contribution < -0.4 is 0 Å². The first-order valence-electron chi connectivity index (χ1n) is 4.22. The van der Waals surface area contributed by atoms with E-state index in [0.29, 0.717) is 6.42 Å². The number of ether oxygens (including phenoxy) is 1. The van der Waals surface area contributed by atoms with E-state index in [1.54, 1.807) is 13.8 Å². The zero-order chi connectivity index (χ0) is 10.2. The fraction of sp³-hybridized carbons (Fsp3) is 0.778. The molecule has 0 unspecified atom stereocenters. The summed E-state index contributed by atoms with van der Waals surface area (Å²) in [7, 11) is 1.33. The number of carboxylic acid groups (broad SMARTS) is 1. The lowest BCUT2D eigenvalue weighted by atomic mass is 9.55. The third-order valence-corrected chi connectivity index (χ3v) is 3.05. The molecule has 0 aromatic carbocycles. The monoisotopic (exact) mass is 186 g/mol. The molecule has 1 aliphatic carbocycles. The van der Waals surface area contributed by atoms with Gasteiger partial charge in [0.15, 0.2) is 0 Å². The molecule has 1 rings (SSSR count). The molecule has 0 radical (unpaired) electrons. The molecule has 0 bridgehead atoms. The maximum absolute atomic E-state index is 11.2. The van der Waals surface area contributed by atoms with Gasteiger partial charge < -0.3 is 9.84 Å². The minimum absolute atomic E-state index is 0.265. The van der Waals surface area contributed by atoms with Gasteiger partial charge in [-0.1, -0.05) is 13.8 Å². The summed E-state index contributed by atoms with van der Waals surface area (Å²) >= 11 is 0. The molecule has 0 aromatic heterocycles. The van der Waals surface area contributed by atoms with Gasteiger partial charge in [-0.25, -0.2) is 0 Å². The molecule has 0 aliphatic heterocycles. The van der Waals surface area contributed by atoms with Crippen LogP contribution in [0.15, 0.2) is 0 Å². The molecule has 0 spiro atoms. The molecule has 0 heterocycles. The minimum Gasteiger partial charge on any atom is -0.481 e. The van der Waals surface area contributed by atoms with Gasteiger partial charge in [-0.2, -0.15) is 0 Å². The van der Waals surface area contributed by atoms with Crippen molar-refractivity contribution in [3.63, 3.8) is 0 Å². The fourth-order valence-corrected chi connectivity index (χ4v) is 1.89. The second-order valence-corrected chi connectivity index (χ2v) is 4.02. The van der Waals surface area contributed by atoms with E-state index < -0.39 is 17.3 Å². The van der Waals surface area contributed by atoms with Gasteiger partial charge >= 0.3 is 11.9 Å². The van der Waals surface area contributed by atoms with Crippen LogP contribution in [0.2, 0.25) is 0 Å². The lowest BCUT2D eigenvalue weighted by Gasteiger charge is -2.47. The Balaban J connectivity index is 2.69. The highest BCUT2D eigenvalue weighted by atomic mass is 16.5. The number of carbonyl (C=O) groups excluding carboxylic acids is 1. The molecule has 1 fully saturated rings. The number of aliphatic carboxylic acids is 1. The van der Waals surface area contributed by atoms with Crippen LogP contribution in [0.3, 0.4) is 0 Å². The van der Waals surface area contributed by atoms with Crippen molar-refractivity contribution < 1.29 is 19.4 Å². The summed E-state index contributed by atoms with van der Waals surface area (Å²) in [5.41, 5.74) is -0.473. The van der Waals surface area contributed by atoms with Crippen molar-refractivity contribution in [1.29, 1.82) is 0 Å². The second-order valence-electron chi connectivity index (χ2n) is 4.02. The summed E-state index contributed by atoms with van der Waals surface area (Å²) in [5, 5.41) is 8.79. The average molecular weight is 186 g/mol. The first-order chi connectivity index (χ1) is 5.91. The number of rotatable bonds is 2. The summed E-state index contributed by atoms with van der Waals surface area (Å²) in [6, 6.07) is 0. The summed E-state index contributed by atoms with van der Waals surface area (Å²) in [6.07, 6.45) is 0.398. The van der Waals surface area contributed by atoms with Crippen molar-refractivity contribution in [2.75, 3.05) is 7.11 Å². The van der Waals surface area contributed by atoms with Gasteiger partial charge in [0.25, 0.3) is 0 Å². The van der Waals surface area contributed by atoms with E-state index in [-0.39, 0.29) is 11.9 Å². The van der Waals surface area contributed by atoms with E-state index in [1.165, 1.54) is 7.11 Å². The molecule has 1 saturated carbocycles. The molecule has 4 nitrogen and oxygen atoms in total. The van der Waals surface area contributed by atoms with Gasteiger partial charge in [-0.3, -0.25) is 9.59 Å². The Morgan fingerprint density at radius 2 is 1.92 bits per heavy atom. The highest BCUT2D eigenvalue weighted by molar-refractivity contribution is 5.80. The number of methoxy groups -OCH3 is 1. The van der Waals surface area contributed by atoms with E-state index >= 15 is 0 Å². The van der Waals surface area contributed by atoms with Crippen molar-refractivity contribution in [3.8, 4) is 0 Å². The Bertz CT molecular complexity index is 244. The largest absolute Gasteiger partial charge is 0.481 e. The van der Waals surface area contributed by atoms with Gasteiger partial charge in [0, 0.05) is 0 Å². The molecule has 74 valence electrons. The topological polar surface area (TPSA) is 63.6 Å². The Morgan fingerprint density at radius 3 is 2.23 bits per heavy atom. The van der Waals surface area contributed by atoms with Crippen LogP contribution in [0.25, 0.3) is 0 Å². The standard InChI is InChI=1S/C9H14O4/c1-9(2)5(7(10)11)4-6(9)8(12)13-3/h5-6H,4H2,1-3H3,(H,10,11)/t5-,6-/m0/s1. The molecule has 0 amide bonds. The summed E-state index contributed by atoms with van der Waals surface area (Å²) in [4.78, 5) is 21.9. The maximum atomic E-state index is 11.2. The molecular formula is C9H14O4. The van der Waals surface area contributed by atoms with Crippen LogP contribution in [-0.2, 0) is 14.3 Å². The molecule has 13 heavy (non-hydrogen) atoms. The van der Waals surface area contributed by atoms with E-state index in [4.69, 9.17) is 5.11 Å². The summed E-state index contributed by atoms with van der Waals surface area (Å²) < 4.78 is 4.59. The van der Waals surface area contributed by atoms with Crippen LogP contribution in [0.4, 0.5) is 0 Å². The van der Waals surface area contributed by atoms with Gasteiger partial charge in [0.05, 0.1) is 18.9 Å². The smallest absolute Gasteiger partial charge is 0.309 e. The van der Waals surface area contributed by atoms with E-state index in [2.05, 4.69) is 4.74 Å². The van der Waals surface area contributed by atoms with Crippen molar-refractivity contribution in [3.05, 3.63) is 0 Å². The third-order valence-electron chi connectivity index (χ3n) is 3.05. The van der Waals surface area contributed by atoms with Crippen LogP contribution >= 0.6 is 0 Å². The van der Waals surface area contributed by atoms with Gasteiger partial charge in [-0.05, 0) is 11.8 Å². The fourth-order valence-electron chi connectivity index (χ4n) is 1.89. The number of hydrogen-bond donors (Lipinski definition) is 1. The Kier molecular flexibility index (Phi) is 2.32. The maximum Gasteiger partial charge on any atom is 0.309 e. The van der Waals surface area contributed by atoms with Crippen LogP contribution in [-0.4, -0.2) is 24.2 Å². The third kappa shape index (κ3) is 1.41. The summed E-state index contributed by atoms with van der Waals surface area (Å²) in [6.45, 7) is 3.58. The number of carbonyl (C=O) groups is 2. The highest BCUT2D eigenvalue weighted by Crippen LogP contribution is 2.51. The van der Waals surface area contributed by atoms with Crippen LogP contribution in [0.5, 0.6) is 0 Å². The Labute approximate surface area is 76.9 Å². The number of esters is 1. The zero-order valence-electron chi connectivity index (χ0n) is 8.03. The molecule has 0 aromatic rings. The first-order valence-corrected chi connectivity index (χ1v) is 4.22. The van der Waals surface area contributed by atoms with Gasteiger partial charge in [0.2, 0.25) is 0 Å². The Hall–Kier alpha value is -1.06. The quantitative estimate of drug-likeness (QED) is 0.651. The first kappa shape index (κ1) is 10.0. The number of carboxylic acids is 1. The zero-order valence-corrected chi connectivity index (χ0v) is 8.03. The van der Waals surface area contributed by atoms with E-state index in [0.717, 1.165) is 0 Å². The van der Waals surface area contributed by atoms with Crippen molar-refractivity contribution >= 4 is 11.9 Å². The Morgan fingerprint density at radius 1 is 1.38 bits per heavy atom. The number of hydrogen-bond acceptors (Lipinski definition) is 3. The van der Waals surface area contributed by atoms with Gasteiger partial charge in [-0.15, -0.1) is 0 Å². The molecule has 0 saturated heterocycles. The van der Waals surface area contributed by atoms with Crippen LogP contribution in [0, 0.1) is 17.3 Å². The predicted molar refractivity (Wildman–Crippen MR) is 45.0 cm³/mol. The second kappa shape index (κ2) is 3.01. The SMILES string of the molecule is COC(=O)[C@@H]1C[C@@H](C(=O)O)C1(C)C. The average Bonchev–Trinajstić information content (AvgIpc) is 2.01.